The van der Waals surface area contributed by atoms with Gasteiger partial charge in [-0.25, -0.2) is 8.42 Å². The van der Waals surface area contributed by atoms with Gasteiger partial charge in [-0.2, -0.15) is 0 Å². The zero-order valence-electron chi connectivity index (χ0n) is 10.9. The molecule has 0 aliphatic heterocycles. The van der Waals surface area contributed by atoms with Crippen molar-refractivity contribution in [3.8, 4) is 0 Å². The summed E-state index contributed by atoms with van der Waals surface area (Å²) in [6, 6.07) is -0.0978. The van der Waals surface area contributed by atoms with E-state index in [1.54, 1.807) is 0 Å². The number of carbonyl (C=O) groups excluding carboxylic acids is 1. The maximum absolute atomic E-state index is 12.0. The normalized spacial score (nSPS) is 15.5. The lowest BCUT2D eigenvalue weighted by Gasteiger charge is -2.26. The third-order valence-corrected chi connectivity index (χ3v) is 4.99. The molecule has 5 nitrogen and oxygen atoms in total. The van der Waals surface area contributed by atoms with E-state index in [2.05, 4.69) is 5.32 Å². The summed E-state index contributed by atoms with van der Waals surface area (Å²) >= 11 is 0. The van der Waals surface area contributed by atoms with Gasteiger partial charge >= 0.3 is 0 Å². The number of carbonyl (C=O) groups is 1. The fourth-order valence-electron chi connectivity index (χ4n) is 2.09. The van der Waals surface area contributed by atoms with Crippen molar-refractivity contribution in [3.63, 3.8) is 0 Å². The molecule has 0 saturated carbocycles. The van der Waals surface area contributed by atoms with Gasteiger partial charge in [-0.15, -0.1) is 0 Å². The Labute approximate surface area is 104 Å². The smallest absolute Gasteiger partial charge is 0.232 e. The fourth-order valence-corrected chi connectivity index (χ4v) is 3.94. The van der Waals surface area contributed by atoms with Crippen LogP contribution in [0.4, 0.5) is 0 Å². The topological polar surface area (TPSA) is 89.3 Å². The number of nitrogens with two attached hydrogens (primary N) is 1. The molecule has 1 amide bonds. The van der Waals surface area contributed by atoms with E-state index in [1.165, 1.54) is 0 Å². The van der Waals surface area contributed by atoms with Gasteiger partial charge < -0.3 is 11.1 Å². The van der Waals surface area contributed by atoms with Crippen LogP contribution < -0.4 is 11.1 Å². The fraction of sp³-hybridized carbons (Fsp3) is 0.909. The zero-order valence-corrected chi connectivity index (χ0v) is 11.7. The van der Waals surface area contributed by atoms with Gasteiger partial charge in [0, 0.05) is 6.04 Å². The van der Waals surface area contributed by atoms with Crippen LogP contribution in [0.3, 0.4) is 0 Å². The minimum Gasteiger partial charge on any atom is -0.369 e. The molecule has 2 unspecified atom stereocenters. The molecule has 0 aliphatic rings. The van der Waals surface area contributed by atoms with Crippen molar-refractivity contribution in [2.24, 2.45) is 5.73 Å². The highest BCUT2D eigenvalue weighted by molar-refractivity contribution is 7.92. The lowest BCUT2D eigenvalue weighted by molar-refractivity contribution is -0.115. The van der Waals surface area contributed by atoms with Gasteiger partial charge in [0.15, 0.2) is 9.84 Å². The number of amides is 1. The SMILES string of the molecule is CCCC(NCC)C(CC)S(=O)(=O)CC(N)=O. The third kappa shape index (κ3) is 5.50. The first kappa shape index (κ1) is 16.4. The van der Waals surface area contributed by atoms with Crippen molar-refractivity contribution >= 4 is 15.7 Å². The molecule has 0 aliphatic carbocycles. The molecule has 0 aromatic rings. The van der Waals surface area contributed by atoms with Crippen LogP contribution in [0, 0.1) is 0 Å². The Bertz CT molecular complexity index is 322. The molecule has 0 bridgehead atoms. The minimum absolute atomic E-state index is 0.0978. The molecule has 0 radical (unpaired) electrons. The van der Waals surface area contributed by atoms with Gasteiger partial charge in [0.2, 0.25) is 5.91 Å². The summed E-state index contributed by atoms with van der Waals surface area (Å²) in [7, 11) is -3.45. The number of hydrogen-bond acceptors (Lipinski definition) is 4. The van der Waals surface area contributed by atoms with Crippen LogP contribution in [0.5, 0.6) is 0 Å². The van der Waals surface area contributed by atoms with Crippen molar-refractivity contribution in [1.29, 1.82) is 0 Å². The van der Waals surface area contributed by atoms with E-state index in [0.717, 1.165) is 12.8 Å². The predicted octanol–water partition coefficient (Wildman–Crippen LogP) is 0.443. The Hall–Kier alpha value is -0.620. The molecule has 0 saturated heterocycles. The molecule has 6 heteroatoms. The molecule has 0 aromatic heterocycles. The van der Waals surface area contributed by atoms with Crippen LogP contribution in [0.2, 0.25) is 0 Å². The van der Waals surface area contributed by atoms with Crippen LogP contribution in [-0.4, -0.2) is 37.9 Å². The number of primary amides is 1. The Kier molecular flexibility index (Phi) is 7.38. The molecule has 0 heterocycles. The lowest BCUT2D eigenvalue weighted by atomic mass is 10.1. The number of rotatable bonds is 9. The zero-order chi connectivity index (χ0) is 13.5. The van der Waals surface area contributed by atoms with Crippen LogP contribution in [-0.2, 0) is 14.6 Å². The monoisotopic (exact) mass is 264 g/mol. The Morgan fingerprint density at radius 3 is 2.24 bits per heavy atom. The number of nitrogens with one attached hydrogen (secondary N) is 1. The van der Waals surface area contributed by atoms with E-state index in [0.29, 0.717) is 13.0 Å². The highest BCUT2D eigenvalue weighted by Gasteiger charge is 2.32. The summed E-state index contributed by atoms with van der Waals surface area (Å²) in [4.78, 5) is 10.8. The Morgan fingerprint density at radius 1 is 1.29 bits per heavy atom. The van der Waals surface area contributed by atoms with Crippen LogP contribution >= 0.6 is 0 Å². The molecule has 0 fully saturated rings. The molecular weight excluding hydrogens is 240 g/mol. The first-order valence-electron chi connectivity index (χ1n) is 6.12. The van der Waals surface area contributed by atoms with E-state index >= 15 is 0 Å². The van der Waals surface area contributed by atoms with E-state index in [9.17, 15) is 13.2 Å². The summed E-state index contributed by atoms with van der Waals surface area (Å²) in [5.41, 5.74) is 4.98. The van der Waals surface area contributed by atoms with Gasteiger partial charge in [0.1, 0.15) is 5.75 Å². The number of sulfone groups is 1. The summed E-state index contributed by atoms with van der Waals surface area (Å²) in [6.07, 6.45) is 2.18. The highest BCUT2D eigenvalue weighted by Crippen LogP contribution is 2.16. The molecular formula is C11H24N2O3S. The van der Waals surface area contributed by atoms with Crippen LogP contribution in [0.1, 0.15) is 40.0 Å². The predicted molar refractivity (Wildman–Crippen MR) is 69.4 cm³/mol. The molecule has 17 heavy (non-hydrogen) atoms. The second-order valence-corrected chi connectivity index (χ2v) is 6.39. The van der Waals surface area contributed by atoms with Gasteiger partial charge in [-0.1, -0.05) is 27.2 Å². The quantitative estimate of drug-likeness (QED) is 0.632. The molecule has 102 valence electrons. The van der Waals surface area contributed by atoms with E-state index in [-0.39, 0.29) is 6.04 Å². The summed E-state index contributed by atoms with van der Waals surface area (Å²) < 4.78 is 24.0. The highest BCUT2D eigenvalue weighted by atomic mass is 32.2. The van der Waals surface area contributed by atoms with E-state index in [1.807, 2.05) is 20.8 Å². The lowest BCUT2D eigenvalue weighted by Crippen LogP contribution is -2.46. The van der Waals surface area contributed by atoms with Gasteiger partial charge in [0.05, 0.1) is 5.25 Å². The van der Waals surface area contributed by atoms with Crippen molar-refractivity contribution in [3.05, 3.63) is 0 Å². The molecule has 0 spiro atoms. The van der Waals surface area contributed by atoms with Gasteiger partial charge in [-0.3, -0.25) is 4.79 Å². The van der Waals surface area contributed by atoms with Gasteiger partial charge in [-0.05, 0) is 19.4 Å². The second-order valence-electron chi connectivity index (χ2n) is 4.17. The number of hydrogen-bond donors (Lipinski definition) is 2. The average Bonchev–Trinajstić information content (AvgIpc) is 2.16. The average molecular weight is 264 g/mol. The van der Waals surface area contributed by atoms with Crippen molar-refractivity contribution in [2.75, 3.05) is 12.3 Å². The standard InChI is InChI=1S/C11H24N2O3S/c1-4-7-9(13-6-3)10(5-2)17(15,16)8-11(12)14/h9-10,13H,4-8H2,1-3H3,(H2,12,14). The first-order chi connectivity index (χ1) is 7.88. The summed E-state index contributed by atoms with van der Waals surface area (Å²) in [5.74, 6) is -1.34. The molecule has 3 N–H and O–H groups in total. The van der Waals surface area contributed by atoms with Gasteiger partial charge in [0.25, 0.3) is 0 Å². The molecule has 0 aromatic carbocycles. The van der Waals surface area contributed by atoms with Crippen molar-refractivity contribution in [1.82, 2.24) is 5.32 Å². The molecule has 0 rings (SSSR count). The van der Waals surface area contributed by atoms with Crippen LogP contribution in [0.25, 0.3) is 0 Å². The largest absolute Gasteiger partial charge is 0.369 e. The van der Waals surface area contributed by atoms with Crippen molar-refractivity contribution in [2.45, 2.75) is 51.3 Å². The van der Waals surface area contributed by atoms with E-state index < -0.39 is 26.7 Å². The maximum Gasteiger partial charge on any atom is 0.232 e. The van der Waals surface area contributed by atoms with Crippen LogP contribution in [0.15, 0.2) is 0 Å². The van der Waals surface area contributed by atoms with E-state index in [4.69, 9.17) is 5.73 Å². The third-order valence-electron chi connectivity index (χ3n) is 2.72. The second kappa shape index (κ2) is 7.66. The molecule has 2 atom stereocenters. The summed E-state index contributed by atoms with van der Waals surface area (Å²) in [6.45, 7) is 6.49. The first-order valence-corrected chi connectivity index (χ1v) is 7.83. The summed E-state index contributed by atoms with van der Waals surface area (Å²) in [5, 5.41) is 2.65. The Balaban J connectivity index is 4.93. The van der Waals surface area contributed by atoms with Crippen molar-refractivity contribution < 1.29 is 13.2 Å². The minimum atomic E-state index is -3.45. The Morgan fingerprint density at radius 2 is 1.88 bits per heavy atom. The maximum atomic E-state index is 12.0.